The minimum absolute atomic E-state index is 0.00926. The molecule has 0 radical (unpaired) electrons. The van der Waals surface area contributed by atoms with Crippen LogP contribution in [0, 0.1) is 0 Å². The molecular weight excluding hydrogens is 420 g/mol. The van der Waals surface area contributed by atoms with Crippen LogP contribution in [0.2, 0.25) is 0 Å². The third-order valence-corrected chi connectivity index (χ3v) is 6.47. The van der Waals surface area contributed by atoms with Gasteiger partial charge in [0.05, 0.1) is 24.5 Å². The van der Waals surface area contributed by atoms with E-state index in [2.05, 4.69) is 33.5 Å². The molecule has 1 aliphatic rings. The topological polar surface area (TPSA) is 75.9 Å². The number of nitrogens with one attached hydrogen (secondary N) is 1. The van der Waals surface area contributed by atoms with Gasteiger partial charge in [-0.3, -0.25) is 4.79 Å². The van der Waals surface area contributed by atoms with Crippen molar-refractivity contribution in [2.24, 2.45) is 0 Å². The van der Waals surface area contributed by atoms with Gasteiger partial charge in [0.25, 0.3) is 0 Å². The van der Waals surface area contributed by atoms with Crippen LogP contribution in [0.25, 0.3) is 21.8 Å². The summed E-state index contributed by atoms with van der Waals surface area (Å²) in [7, 11) is 0. The van der Waals surface area contributed by atoms with Crippen LogP contribution in [0.3, 0.4) is 0 Å². The van der Waals surface area contributed by atoms with Crippen molar-refractivity contribution in [2.45, 2.75) is 31.0 Å². The van der Waals surface area contributed by atoms with Crippen LogP contribution in [0.5, 0.6) is 0 Å². The van der Waals surface area contributed by atoms with Gasteiger partial charge in [-0.1, -0.05) is 54.2 Å². The molecule has 4 aromatic rings. The molecule has 3 heterocycles. The van der Waals surface area contributed by atoms with Gasteiger partial charge in [-0.15, -0.1) is 0 Å². The number of amides is 1. The highest BCUT2D eigenvalue weighted by Gasteiger charge is 2.20. The third kappa shape index (κ3) is 4.14. The summed E-state index contributed by atoms with van der Waals surface area (Å²) >= 11 is 1.54. The standard InChI is InChI=1S/C24H26N6OS/c1-32-24-27-22(29-12-4-5-13-29)20-16-26-30(23(20)28-24)14-11-25-21(31)15-18-9-6-8-17-7-2-3-10-19(17)18/h2-3,6-10,16H,4-5,11-15H2,1H3,(H,25,31). The first-order valence-corrected chi connectivity index (χ1v) is 12.2. The average molecular weight is 447 g/mol. The Morgan fingerprint density at radius 1 is 1.06 bits per heavy atom. The van der Waals surface area contributed by atoms with Gasteiger partial charge in [0.15, 0.2) is 10.8 Å². The summed E-state index contributed by atoms with van der Waals surface area (Å²) < 4.78 is 1.87. The van der Waals surface area contributed by atoms with Crippen molar-refractivity contribution in [3.8, 4) is 0 Å². The molecule has 7 nitrogen and oxygen atoms in total. The average Bonchev–Trinajstić information content (AvgIpc) is 3.49. The molecule has 1 amide bonds. The predicted octanol–water partition coefficient (Wildman–Crippen LogP) is 3.66. The van der Waals surface area contributed by atoms with Crippen molar-refractivity contribution in [3.05, 3.63) is 54.2 Å². The molecule has 1 aliphatic heterocycles. The van der Waals surface area contributed by atoms with Crippen molar-refractivity contribution in [2.75, 3.05) is 30.8 Å². The molecule has 1 fully saturated rings. The summed E-state index contributed by atoms with van der Waals surface area (Å²) in [4.78, 5) is 24.4. The fraction of sp³-hybridized carbons (Fsp3) is 0.333. The zero-order valence-corrected chi connectivity index (χ0v) is 18.9. The first-order chi connectivity index (χ1) is 15.7. The van der Waals surface area contributed by atoms with Crippen molar-refractivity contribution < 1.29 is 4.79 Å². The summed E-state index contributed by atoms with van der Waals surface area (Å²) in [5.74, 6) is 0.984. The molecule has 5 rings (SSSR count). The number of carbonyl (C=O) groups excluding carboxylic acids is 1. The van der Waals surface area contributed by atoms with E-state index in [-0.39, 0.29) is 5.91 Å². The minimum Gasteiger partial charge on any atom is -0.356 e. The monoisotopic (exact) mass is 446 g/mol. The Morgan fingerprint density at radius 2 is 1.88 bits per heavy atom. The van der Waals surface area contributed by atoms with E-state index in [1.54, 1.807) is 0 Å². The minimum atomic E-state index is 0.00926. The molecule has 32 heavy (non-hydrogen) atoms. The van der Waals surface area contributed by atoms with Crippen LogP contribution in [0.1, 0.15) is 18.4 Å². The molecule has 1 N–H and O–H groups in total. The maximum absolute atomic E-state index is 12.6. The second-order valence-corrected chi connectivity index (χ2v) is 8.77. The van der Waals surface area contributed by atoms with Gasteiger partial charge in [-0.25, -0.2) is 14.6 Å². The first kappa shape index (κ1) is 20.8. The molecule has 0 atom stereocenters. The van der Waals surface area contributed by atoms with Gasteiger partial charge in [-0.05, 0) is 35.4 Å². The number of thioether (sulfide) groups is 1. The predicted molar refractivity (Wildman–Crippen MR) is 129 cm³/mol. The van der Waals surface area contributed by atoms with Gasteiger partial charge < -0.3 is 10.2 Å². The van der Waals surface area contributed by atoms with Crippen LogP contribution >= 0.6 is 11.8 Å². The number of fused-ring (bicyclic) bond motifs is 2. The van der Waals surface area contributed by atoms with E-state index >= 15 is 0 Å². The number of hydrogen-bond acceptors (Lipinski definition) is 6. The molecule has 0 aliphatic carbocycles. The van der Waals surface area contributed by atoms with Crippen LogP contribution in [-0.2, 0) is 17.8 Å². The lowest BCUT2D eigenvalue weighted by Gasteiger charge is -2.17. The molecule has 164 valence electrons. The smallest absolute Gasteiger partial charge is 0.224 e. The Morgan fingerprint density at radius 3 is 2.72 bits per heavy atom. The maximum Gasteiger partial charge on any atom is 0.224 e. The number of hydrogen-bond donors (Lipinski definition) is 1. The Hall–Kier alpha value is -3.13. The van der Waals surface area contributed by atoms with E-state index in [1.165, 1.54) is 24.6 Å². The van der Waals surface area contributed by atoms with Gasteiger partial charge in [0.1, 0.15) is 5.82 Å². The number of benzene rings is 2. The molecule has 1 saturated heterocycles. The molecule has 0 bridgehead atoms. The second-order valence-electron chi connectivity index (χ2n) is 8.00. The van der Waals surface area contributed by atoms with Gasteiger partial charge in [0.2, 0.25) is 5.91 Å². The summed E-state index contributed by atoms with van der Waals surface area (Å²) in [6.07, 6.45) is 6.58. The normalized spacial score (nSPS) is 13.8. The van der Waals surface area contributed by atoms with E-state index in [4.69, 9.17) is 9.97 Å². The van der Waals surface area contributed by atoms with Crippen LogP contribution in [-0.4, -0.2) is 51.5 Å². The number of anilines is 1. The lowest BCUT2D eigenvalue weighted by Crippen LogP contribution is -2.29. The lowest BCUT2D eigenvalue weighted by molar-refractivity contribution is -0.120. The number of nitrogens with zero attached hydrogens (tertiary/aromatic N) is 5. The zero-order valence-electron chi connectivity index (χ0n) is 18.1. The fourth-order valence-electron chi connectivity index (χ4n) is 4.33. The van der Waals surface area contributed by atoms with Gasteiger partial charge in [0, 0.05) is 19.6 Å². The summed E-state index contributed by atoms with van der Waals surface area (Å²) in [5, 5.41) is 11.6. The third-order valence-electron chi connectivity index (χ3n) is 5.92. The molecule has 2 aromatic heterocycles. The molecule has 0 unspecified atom stereocenters. The Balaban J connectivity index is 1.28. The Labute approximate surface area is 191 Å². The lowest BCUT2D eigenvalue weighted by atomic mass is 10.0. The van der Waals surface area contributed by atoms with Crippen LogP contribution in [0.15, 0.2) is 53.8 Å². The van der Waals surface area contributed by atoms with Crippen molar-refractivity contribution >= 4 is 45.3 Å². The van der Waals surface area contributed by atoms with Crippen molar-refractivity contribution in [1.29, 1.82) is 0 Å². The van der Waals surface area contributed by atoms with E-state index in [1.807, 2.05) is 41.4 Å². The Bertz CT molecular complexity index is 1260. The number of carbonyl (C=O) groups is 1. The van der Waals surface area contributed by atoms with Crippen LogP contribution in [0.4, 0.5) is 5.82 Å². The highest BCUT2D eigenvalue weighted by atomic mass is 32.2. The van der Waals surface area contributed by atoms with Crippen molar-refractivity contribution in [1.82, 2.24) is 25.1 Å². The van der Waals surface area contributed by atoms with E-state index < -0.39 is 0 Å². The maximum atomic E-state index is 12.6. The van der Waals surface area contributed by atoms with Crippen molar-refractivity contribution in [3.63, 3.8) is 0 Å². The SMILES string of the molecule is CSc1nc(N2CCCC2)c2cnn(CCNC(=O)Cc3cccc4ccccc34)c2n1. The summed E-state index contributed by atoms with van der Waals surface area (Å²) in [5.41, 5.74) is 1.87. The molecule has 2 aromatic carbocycles. The molecular formula is C24H26N6OS. The number of aromatic nitrogens is 4. The highest BCUT2D eigenvalue weighted by molar-refractivity contribution is 7.98. The van der Waals surface area contributed by atoms with E-state index in [9.17, 15) is 4.79 Å². The highest BCUT2D eigenvalue weighted by Crippen LogP contribution is 2.28. The molecule has 0 spiro atoms. The van der Waals surface area contributed by atoms with Gasteiger partial charge >= 0.3 is 0 Å². The quantitative estimate of drug-likeness (QED) is 0.345. The largest absolute Gasteiger partial charge is 0.356 e. The fourth-order valence-corrected chi connectivity index (χ4v) is 4.68. The second kappa shape index (κ2) is 9.16. The van der Waals surface area contributed by atoms with E-state index in [0.717, 1.165) is 51.4 Å². The van der Waals surface area contributed by atoms with Crippen LogP contribution < -0.4 is 10.2 Å². The first-order valence-electron chi connectivity index (χ1n) is 11.0. The molecule has 0 saturated carbocycles. The summed E-state index contributed by atoms with van der Waals surface area (Å²) in [6.45, 7) is 3.11. The summed E-state index contributed by atoms with van der Waals surface area (Å²) in [6, 6.07) is 14.2. The number of rotatable bonds is 7. The zero-order chi connectivity index (χ0) is 21.9. The van der Waals surface area contributed by atoms with Gasteiger partial charge in [-0.2, -0.15) is 5.10 Å². The van der Waals surface area contributed by atoms with E-state index in [0.29, 0.717) is 19.5 Å². The Kier molecular flexibility index (Phi) is 5.94. The molecule has 8 heteroatoms.